The van der Waals surface area contributed by atoms with E-state index in [1.807, 2.05) is 0 Å². The van der Waals surface area contributed by atoms with Crippen molar-refractivity contribution in [2.24, 2.45) is 5.92 Å². The average molecular weight is 399 g/mol. The summed E-state index contributed by atoms with van der Waals surface area (Å²) in [6, 6.07) is 5.92. The quantitative estimate of drug-likeness (QED) is 0.818. The number of carbonyl (C=O) groups excluding carboxylic acids is 1. The zero-order chi connectivity index (χ0) is 19.6. The largest absolute Gasteiger partial charge is 0.416 e. The summed E-state index contributed by atoms with van der Waals surface area (Å²) >= 11 is 5.89. The Morgan fingerprint density at radius 1 is 1.26 bits per heavy atom. The molecule has 1 N–H and O–H groups in total. The predicted octanol–water partition coefficient (Wildman–Crippen LogP) is 4.64. The molecule has 0 aliphatic carbocycles. The van der Waals surface area contributed by atoms with Crippen LogP contribution in [-0.2, 0) is 6.18 Å². The third kappa shape index (κ3) is 4.68. The van der Waals surface area contributed by atoms with Crippen LogP contribution in [0.3, 0.4) is 0 Å². The van der Waals surface area contributed by atoms with Gasteiger partial charge in [0.05, 0.1) is 16.3 Å². The van der Waals surface area contributed by atoms with Crippen molar-refractivity contribution in [3.05, 3.63) is 46.6 Å². The minimum atomic E-state index is -4.53. The number of hydrogen-bond donors (Lipinski definition) is 1. The number of nitrogens with one attached hydrogen (secondary N) is 1. The molecule has 1 saturated heterocycles. The van der Waals surface area contributed by atoms with Gasteiger partial charge >= 0.3 is 6.18 Å². The maximum absolute atomic E-state index is 12.8. The van der Waals surface area contributed by atoms with Crippen LogP contribution in [0.1, 0.15) is 35.8 Å². The third-order valence-corrected chi connectivity index (χ3v) is 4.74. The summed E-state index contributed by atoms with van der Waals surface area (Å²) in [6.07, 6.45) is -2.29. The molecule has 2 aromatic rings. The topological polar surface area (TPSA) is 58.1 Å². The highest BCUT2D eigenvalue weighted by atomic mass is 35.5. The lowest BCUT2D eigenvalue weighted by Gasteiger charge is -2.31. The molecule has 144 valence electrons. The van der Waals surface area contributed by atoms with Crippen LogP contribution in [-0.4, -0.2) is 29.2 Å². The first-order valence-electron chi connectivity index (χ1n) is 8.51. The molecule has 9 heteroatoms. The molecule has 1 aliphatic rings. The smallest absolute Gasteiger partial charge is 0.355 e. The van der Waals surface area contributed by atoms with Crippen LogP contribution in [0.15, 0.2) is 30.3 Å². The summed E-state index contributed by atoms with van der Waals surface area (Å²) in [7, 11) is 0. The Kier molecular flexibility index (Phi) is 5.55. The van der Waals surface area contributed by atoms with E-state index >= 15 is 0 Å². The highest BCUT2D eigenvalue weighted by Crippen LogP contribution is 2.34. The number of carbonyl (C=O) groups is 1. The van der Waals surface area contributed by atoms with Crippen LogP contribution in [0.25, 0.3) is 0 Å². The number of amides is 1. The fourth-order valence-corrected chi connectivity index (χ4v) is 3.16. The number of anilines is 2. The molecular weight excluding hydrogens is 381 g/mol. The molecule has 1 fully saturated rings. The summed E-state index contributed by atoms with van der Waals surface area (Å²) in [5.41, 5.74) is -1.03. The van der Waals surface area contributed by atoms with E-state index < -0.39 is 17.6 Å². The molecule has 0 spiro atoms. The Hall–Kier alpha value is -2.35. The number of piperidine rings is 1. The van der Waals surface area contributed by atoms with Crippen molar-refractivity contribution in [1.82, 2.24) is 10.2 Å². The van der Waals surface area contributed by atoms with Gasteiger partial charge in [0.25, 0.3) is 5.91 Å². The number of benzene rings is 1. The lowest BCUT2D eigenvalue weighted by molar-refractivity contribution is -0.137. The number of hydrogen-bond acceptors (Lipinski definition) is 4. The molecule has 1 amide bonds. The molecule has 1 aromatic heterocycles. The third-order valence-electron chi connectivity index (χ3n) is 4.41. The van der Waals surface area contributed by atoms with Gasteiger partial charge in [-0.05, 0) is 49.1 Å². The first-order chi connectivity index (χ1) is 12.7. The van der Waals surface area contributed by atoms with Crippen LogP contribution in [0, 0.1) is 5.92 Å². The molecule has 5 nitrogen and oxygen atoms in total. The van der Waals surface area contributed by atoms with Crippen molar-refractivity contribution in [2.45, 2.75) is 25.9 Å². The first-order valence-corrected chi connectivity index (χ1v) is 8.88. The number of halogens is 4. The van der Waals surface area contributed by atoms with Crippen LogP contribution >= 0.6 is 11.6 Å². The van der Waals surface area contributed by atoms with Crippen LogP contribution in [0.4, 0.5) is 24.7 Å². The lowest BCUT2D eigenvalue weighted by Crippen LogP contribution is -2.35. The number of rotatable bonds is 3. The predicted molar refractivity (Wildman–Crippen MR) is 97.1 cm³/mol. The van der Waals surface area contributed by atoms with E-state index in [1.54, 1.807) is 6.07 Å². The van der Waals surface area contributed by atoms with E-state index in [9.17, 15) is 18.0 Å². The van der Waals surface area contributed by atoms with Gasteiger partial charge in [-0.1, -0.05) is 18.5 Å². The fourth-order valence-electron chi connectivity index (χ4n) is 3.00. The Labute approximate surface area is 159 Å². The highest BCUT2D eigenvalue weighted by Gasteiger charge is 2.31. The van der Waals surface area contributed by atoms with Crippen LogP contribution < -0.4 is 10.2 Å². The Morgan fingerprint density at radius 2 is 2.04 bits per heavy atom. The van der Waals surface area contributed by atoms with Crippen molar-refractivity contribution in [3.63, 3.8) is 0 Å². The Balaban J connectivity index is 1.73. The second-order valence-electron chi connectivity index (χ2n) is 6.62. The fraction of sp³-hybridized carbons (Fsp3) is 0.389. The van der Waals surface area contributed by atoms with Crippen molar-refractivity contribution in [1.29, 1.82) is 0 Å². The van der Waals surface area contributed by atoms with Crippen molar-refractivity contribution in [3.8, 4) is 0 Å². The van der Waals surface area contributed by atoms with E-state index in [0.29, 0.717) is 11.7 Å². The molecule has 1 unspecified atom stereocenters. The molecular formula is C18H18ClF3N4O. The molecule has 2 heterocycles. The van der Waals surface area contributed by atoms with E-state index in [1.165, 1.54) is 12.5 Å². The molecule has 3 rings (SSSR count). The second kappa shape index (κ2) is 7.72. The Morgan fingerprint density at radius 3 is 2.67 bits per heavy atom. The van der Waals surface area contributed by atoms with Crippen LogP contribution in [0.2, 0.25) is 5.02 Å². The zero-order valence-electron chi connectivity index (χ0n) is 14.6. The number of aromatic nitrogens is 2. The zero-order valence-corrected chi connectivity index (χ0v) is 15.3. The van der Waals surface area contributed by atoms with Crippen LogP contribution in [0.5, 0.6) is 0 Å². The molecule has 1 aromatic carbocycles. The summed E-state index contributed by atoms with van der Waals surface area (Å²) in [5.74, 6) is 0.559. The van der Waals surface area contributed by atoms with Gasteiger partial charge in [0, 0.05) is 13.1 Å². The molecule has 1 aliphatic heterocycles. The Bertz CT molecular complexity index is 826. The van der Waals surface area contributed by atoms with Gasteiger partial charge in [0.2, 0.25) is 0 Å². The van der Waals surface area contributed by atoms with Gasteiger partial charge in [0.15, 0.2) is 11.5 Å². The summed E-state index contributed by atoms with van der Waals surface area (Å²) < 4.78 is 38.5. The van der Waals surface area contributed by atoms with Gasteiger partial charge in [-0.3, -0.25) is 4.79 Å². The standard InChI is InChI=1S/C18H18ClF3N4O/c1-11-3-2-8-26(10-11)16-7-6-14(24-25-16)17(27)23-15-9-12(18(20,21)22)4-5-13(15)19/h4-7,9,11H,2-3,8,10H2,1H3,(H,23,27). The van der Waals surface area contributed by atoms with Gasteiger partial charge in [-0.25, -0.2) is 0 Å². The van der Waals surface area contributed by atoms with E-state index in [2.05, 4.69) is 27.3 Å². The minimum Gasteiger partial charge on any atom is -0.355 e. The lowest BCUT2D eigenvalue weighted by atomic mass is 10.0. The maximum Gasteiger partial charge on any atom is 0.416 e. The summed E-state index contributed by atoms with van der Waals surface area (Å²) in [5, 5.41) is 10.3. The molecule has 0 radical (unpaired) electrons. The minimum absolute atomic E-state index is 0.00251. The monoisotopic (exact) mass is 398 g/mol. The van der Waals surface area contributed by atoms with Gasteiger partial charge in [0.1, 0.15) is 0 Å². The highest BCUT2D eigenvalue weighted by molar-refractivity contribution is 6.33. The van der Waals surface area contributed by atoms with Gasteiger partial charge in [-0.2, -0.15) is 13.2 Å². The SMILES string of the molecule is CC1CCCN(c2ccc(C(=O)Nc3cc(C(F)(F)F)ccc3Cl)nn2)C1. The average Bonchev–Trinajstić information content (AvgIpc) is 2.62. The van der Waals surface area contributed by atoms with E-state index in [4.69, 9.17) is 11.6 Å². The van der Waals surface area contributed by atoms with Crippen molar-refractivity contribution in [2.75, 3.05) is 23.3 Å². The van der Waals surface area contributed by atoms with Crippen molar-refractivity contribution >= 4 is 29.0 Å². The first kappa shape index (κ1) is 19.4. The van der Waals surface area contributed by atoms with Gasteiger partial charge in [-0.15, -0.1) is 10.2 Å². The number of alkyl halides is 3. The maximum atomic E-state index is 12.8. The molecule has 1 atom stereocenters. The molecule has 0 bridgehead atoms. The van der Waals surface area contributed by atoms with E-state index in [-0.39, 0.29) is 16.4 Å². The normalized spacial score (nSPS) is 17.7. The van der Waals surface area contributed by atoms with Gasteiger partial charge < -0.3 is 10.2 Å². The van der Waals surface area contributed by atoms with E-state index in [0.717, 1.165) is 37.7 Å². The second-order valence-corrected chi connectivity index (χ2v) is 7.02. The molecule has 27 heavy (non-hydrogen) atoms. The molecule has 0 saturated carbocycles. The summed E-state index contributed by atoms with van der Waals surface area (Å²) in [4.78, 5) is 14.4. The number of nitrogens with zero attached hydrogens (tertiary/aromatic N) is 3. The summed E-state index contributed by atoms with van der Waals surface area (Å²) in [6.45, 7) is 3.92. The van der Waals surface area contributed by atoms with Crippen molar-refractivity contribution < 1.29 is 18.0 Å².